The van der Waals surface area contributed by atoms with E-state index in [1.54, 1.807) is 43.3 Å². The van der Waals surface area contributed by atoms with Gasteiger partial charge in [-0.05, 0) is 60.2 Å². The second-order valence-electron chi connectivity index (χ2n) is 9.45. The van der Waals surface area contributed by atoms with Crippen molar-refractivity contribution in [1.82, 2.24) is 4.31 Å². The van der Waals surface area contributed by atoms with Crippen LogP contribution >= 0.6 is 0 Å². The van der Waals surface area contributed by atoms with Crippen molar-refractivity contribution in [3.63, 3.8) is 0 Å². The van der Waals surface area contributed by atoms with Crippen molar-refractivity contribution in [2.75, 3.05) is 6.61 Å². The summed E-state index contributed by atoms with van der Waals surface area (Å²) in [5.41, 5.74) is 4.26. The molecule has 0 N–H and O–H groups in total. The van der Waals surface area contributed by atoms with Gasteiger partial charge in [-0.15, -0.1) is 0 Å². The molecule has 3 rings (SSSR count). The smallest absolute Gasteiger partial charge is 0.338 e. The second-order valence-corrected chi connectivity index (χ2v) is 11.4. The maximum Gasteiger partial charge on any atom is 0.338 e. The molecule has 0 fully saturated rings. The highest BCUT2D eigenvalue weighted by Crippen LogP contribution is 2.26. The highest BCUT2D eigenvalue weighted by atomic mass is 32.2. The zero-order valence-corrected chi connectivity index (χ0v) is 21.4. The number of nitrogens with zero attached hydrogens (tertiary/aromatic N) is 1. The molecular formula is C28H33NO4S. The Morgan fingerprint density at radius 3 is 1.79 bits per heavy atom. The third-order valence-corrected chi connectivity index (χ3v) is 7.47. The third kappa shape index (κ3) is 6.33. The minimum absolute atomic E-state index is 0.0649. The van der Waals surface area contributed by atoms with Crippen LogP contribution in [-0.4, -0.2) is 25.3 Å². The molecule has 6 heteroatoms. The summed E-state index contributed by atoms with van der Waals surface area (Å²) in [4.78, 5) is 12.2. The van der Waals surface area contributed by atoms with Gasteiger partial charge in [-0.3, -0.25) is 0 Å². The van der Waals surface area contributed by atoms with E-state index in [0.29, 0.717) is 12.2 Å². The second kappa shape index (κ2) is 10.5. The number of carbonyl (C=O) groups excluding carboxylic acids is 1. The number of carbonyl (C=O) groups is 1. The largest absolute Gasteiger partial charge is 0.462 e. The monoisotopic (exact) mass is 479 g/mol. The van der Waals surface area contributed by atoms with Gasteiger partial charge in [0.1, 0.15) is 0 Å². The molecule has 0 aliphatic rings. The molecule has 5 nitrogen and oxygen atoms in total. The zero-order valence-electron chi connectivity index (χ0n) is 20.5. The van der Waals surface area contributed by atoms with Crippen molar-refractivity contribution in [1.29, 1.82) is 0 Å². The molecule has 34 heavy (non-hydrogen) atoms. The molecule has 0 saturated carbocycles. The average molecular weight is 480 g/mol. The van der Waals surface area contributed by atoms with E-state index in [0.717, 1.165) is 22.3 Å². The molecule has 0 aliphatic heterocycles. The van der Waals surface area contributed by atoms with Crippen LogP contribution < -0.4 is 0 Å². The fraction of sp³-hybridized carbons (Fsp3) is 0.321. The lowest BCUT2D eigenvalue weighted by Gasteiger charge is -2.24. The van der Waals surface area contributed by atoms with E-state index in [2.05, 4.69) is 20.8 Å². The highest BCUT2D eigenvalue weighted by Gasteiger charge is 2.26. The number of ether oxygens (including phenoxy) is 1. The molecule has 0 saturated heterocycles. The Labute approximate surface area is 203 Å². The van der Waals surface area contributed by atoms with Crippen molar-refractivity contribution in [3.05, 3.63) is 101 Å². The molecule has 180 valence electrons. The molecule has 0 aromatic heterocycles. The molecule has 0 unspecified atom stereocenters. The Morgan fingerprint density at radius 1 is 0.824 bits per heavy atom. The van der Waals surface area contributed by atoms with Crippen LogP contribution in [0.4, 0.5) is 0 Å². The fourth-order valence-electron chi connectivity index (χ4n) is 3.56. The number of aryl methyl sites for hydroxylation is 1. The molecule has 0 bridgehead atoms. The Balaban J connectivity index is 1.93. The molecule has 3 aromatic carbocycles. The normalized spacial score (nSPS) is 12.1. The van der Waals surface area contributed by atoms with Crippen LogP contribution in [0.1, 0.15) is 60.3 Å². The standard InChI is InChI=1S/C28H33NO4S/c1-6-33-27(30)24-13-11-23(12-14-24)20-29(19-22-9-7-21(2)8-10-22)34(31,32)26-17-15-25(16-18-26)28(3,4)5/h7-18H,6,19-20H2,1-5H3. The van der Waals surface area contributed by atoms with E-state index in [9.17, 15) is 13.2 Å². The van der Waals surface area contributed by atoms with Crippen LogP contribution in [0.15, 0.2) is 77.7 Å². The van der Waals surface area contributed by atoms with Crippen LogP contribution in [0.2, 0.25) is 0 Å². The SMILES string of the molecule is CCOC(=O)c1ccc(CN(Cc2ccc(C)cc2)S(=O)(=O)c2ccc(C(C)(C)C)cc2)cc1. The van der Waals surface area contributed by atoms with Crippen molar-refractivity contribution in [2.45, 2.75) is 58.0 Å². The molecular weight excluding hydrogens is 446 g/mol. The van der Waals surface area contributed by atoms with Crippen LogP contribution in [0, 0.1) is 6.92 Å². The van der Waals surface area contributed by atoms with Crippen LogP contribution in [0.3, 0.4) is 0 Å². The van der Waals surface area contributed by atoms with Crippen LogP contribution in [0.5, 0.6) is 0 Å². The molecule has 0 amide bonds. The van der Waals surface area contributed by atoms with Crippen molar-refractivity contribution < 1.29 is 17.9 Å². The summed E-state index contributed by atoms with van der Waals surface area (Å²) < 4.78 is 33.9. The number of rotatable bonds is 8. The van der Waals surface area contributed by atoms with E-state index in [4.69, 9.17) is 4.74 Å². The van der Waals surface area contributed by atoms with Gasteiger partial charge in [0.2, 0.25) is 10.0 Å². The van der Waals surface area contributed by atoms with Gasteiger partial charge in [-0.25, -0.2) is 13.2 Å². The topological polar surface area (TPSA) is 63.7 Å². The van der Waals surface area contributed by atoms with Gasteiger partial charge >= 0.3 is 5.97 Å². The van der Waals surface area contributed by atoms with Crippen molar-refractivity contribution in [2.24, 2.45) is 0 Å². The predicted molar refractivity (Wildman–Crippen MR) is 135 cm³/mol. The maximum absolute atomic E-state index is 13.7. The quantitative estimate of drug-likeness (QED) is 0.380. The summed E-state index contributed by atoms with van der Waals surface area (Å²) in [5, 5.41) is 0. The van der Waals surface area contributed by atoms with E-state index < -0.39 is 16.0 Å². The average Bonchev–Trinajstić information content (AvgIpc) is 2.80. The number of benzene rings is 3. The van der Waals surface area contributed by atoms with Gasteiger partial charge in [0.05, 0.1) is 17.1 Å². The molecule has 0 spiro atoms. The molecule has 0 atom stereocenters. The summed E-state index contributed by atoms with van der Waals surface area (Å²) >= 11 is 0. The number of hydrogen-bond acceptors (Lipinski definition) is 4. The van der Waals surface area contributed by atoms with Crippen molar-refractivity contribution >= 4 is 16.0 Å². The summed E-state index contributed by atoms with van der Waals surface area (Å²) in [6, 6.07) is 21.9. The summed E-state index contributed by atoms with van der Waals surface area (Å²) in [5.74, 6) is -0.392. The zero-order chi connectivity index (χ0) is 24.9. The lowest BCUT2D eigenvalue weighted by molar-refractivity contribution is 0.0526. The number of hydrogen-bond donors (Lipinski definition) is 0. The molecule has 0 aliphatic carbocycles. The minimum atomic E-state index is -3.76. The van der Waals surface area contributed by atoms with Gasteiger partial charge in [0, 0.05) is 13.1 Å². The Bertz CT molecular complexity index is 1210. The Morgan fingerprint density at radius 2 is 1.32 bits per heavy atom. The summed E-state index contributed by atoms with van der Waals surface area (Å²) in [6.07, 6.45) is 0. The van der Waals surface area contributed by atoms with Gasteiger partial charge in [-0.1, -0.05) is 74.9 Å². The van der Waals surface area contributed by atoms with Gasteiger partial charge in [0.25, 0.3) is 0 Å². The first-order valence-corrected chi connectivity index (χ1v) is 12.9. The first kappa shape index (κ1) is 25.7. The van der Waals surface area contributed by atoms with Crippen LogP contribution in [-0.2, 0) is 33.3 Å². The Hall–Kier alpha value is -2.96. The summed E-state index contributed by atoms with van der Waals surface area (Å²) in [6.45, 7) is 10.8. The third-order valence-electron chi connectivity index (χ3n) is 5.66. The molecule has 0 radical (unpaired) electrons. The molecule has 3 aromatic rings. The van der Waals surface area contributed by atoms with Gasteiger partial charge in [-0.2, -0.15) is 4.31 Å². The summed E-state index contributed by atoms with van der Waals surface area (Å²) in [7, 11) is -3.76. The predicted octanol–water partition coefficient (Wildman–Crippen LogP) is 5.86. The van der Waals surface area contributed by atoms with E-state index in [1.165, 1.54) is 4.31 Å². The lowest BCUT2D eigenvalue weighted by Crippen LogP contribution is -2.30. The van der Waals surface area contributed by atoms with Crippen LogP contribution in [0.25, 0.3) is 0 Å². The van der Waals surface area contributed by atoms with E-state index in [1.807, 2.05) is 43.3 Å². The lowest BCUT2D eigenvalue weighted by atomic mass is 9.87. The minimum Gasteiger partial charge on any atom is -0.462 e. The first-order chi connectivity index (χ1) is 16.0. The Kier molecular flexibility index (Phi) is 7.95. The highest BCUT2D eigenvalue weighted by molar-refractivity contribution is 7.89. The van der Waals surface area contributed by atoms with Crippen molar-refractivity contribution in [3.8, 4) is 0 Å². The first-order valence-electron chi connectivity index (χ1n) is 11.4. The number of sulfonamides is 1. The van der Waals surface area contributed by atoms with Gasteiger partial charge in [0.15, 0.2) is 0 Å². The molecule has 0 heterocycles. The maximum atomic E-state index is 13.7. The van der Waals surface area contributed by atoms with E-state index in [-0.39, 0.29) is 23.4 Å². The van der Waals surface area contributed by atoms with E-state index >= 15 is 0 Å². The van der Waals surface area contributed by atoms with Gasteiger partial charge < -0.3 is 4.74 Å². The number of esters is 1. The fourth-order valence-corrected chi connectivity index (χ4v) is 4.98.